The van der Waals surface area contributed by atoms with E-state index >= 15 is 0 Å². The van der Waals surface area contributed by atoms with Crippen LogP contribution in [0.1, 0.15) is 5.56 Å². The lowest BCUT2D eigenvalue weighted by atomic mass is 10.1. The average molecular weight is 279 g/mol. The molecule has 0 saturated heterocycles. The van der Waals surface area contributed by atoms with Crippen LogP contribution < -0.4 is 5.32 Å². The Hall–Kier alpha value is -2.57. The highest BCUT2D eigenvalue weighted by Gasteiger charge is 2.13. The summed E-state index contributed by atoms with van der Waals surface area (Å²) < 4.78 is 26.0. The fourth-order valence-corrected chi connectivity index (χ4v) is 1.78. The maximum absolute atomic E-state index is 13.0. The summed E-state index contributed by atoms with van der Waals surface area (Å²) in [6, 6.07) is 6.34. The molecule has 1 heterocycles. The Morgan fingerprint density at radius 1 is 1.25 bits per heavy atom. The number of nitrogens with zero attached hydrogens (tertiary/aromatic N) is 2. The molecule has 2 aromatic rings. The largest absolute Gasteiger partial charge is 0.386 e. The molecule has 0 spiro atoms. The summed E-state index contributed by atoms with van der Waals surface area (Å²) in [4.78, 5) is 13.8. The summed E-state index contributed by atoms with van der Waals surface area (Å²) in [5, 5.41) is 13.6. The molecule has 0 amide bonds. The molecule has 0 unspecified atom stereocenters. The Balaban J connectivity index is 2.01. The average Bonchev–Trinajstić information content (AvgIpc) is 2.38. The van der Waals surface area contributed by atoms with Gasteiger partial charge in [-0.2, -0.15) is 0 Å². The third-order valence-electron chi connectivity index (χ3n) is 2.61. The molecule has 2 rings (SSSR count). The molecule has 0 aliphatic carbocycles. The summed E-state index contributed by atoms with van der Waals surface area (Å²) in [5.41, 5.74) is 0.746. The van der Waals surface area contributed by atoms with Crippen LogP contribution in [0.2, 0.25) is 0 Å². The molecule has 7 heteroatoms. The summed E-state index contributed by atoms with van der Waals surface area (Å²) in [5.74, 6) is -1.57. The lowest BCUT2D eigenvalue weighted by Gasteiger charge is -2.06. The van der Waals surface area contributed by atoms with Crippen molar-refractivity contribution in [1.29, 1.82) is 0 Å². The van der Waals surface area contributed by atoms with Crippen LogP contribution in [0.4, 0.5) is 20.3 Å². The number of nitro groups is 1. The maximum Gasteiger partial charge on any atom is 0.386 e. The van der Waals surface area contributed by atoms with Crippen LogP contribution in [0.3, 0.4) is 0 Å². The van der Waals surface area contributed by atoms with Gasteiger partial charge in [-0.15, -0.1) is 0 Å². The van der Waals surface area contributed by atoms with Crippen molar-refractivity contribution in [3.63, 3.8) is 0 Å². The number of nitrogens with one attached hydrogen (secondary N) is 1. The molecule has 20 heavy (non-hydrogen) atoms. The Morgan fingerprint density at radius 3 is 2.60 bits per heavy atom. The van der Waals surface area contributed by atoms with Gasteiger partial charge in [0.05, 0.1) is 0 Å². The zero-order valence-electron chi connectivity index (χ0n) is 10.3. The van der Waals surface area contributed by atoms with E-state index in [2.05, 4.69) is 10.3 Å². The Kier molecular flexibility index (Phi) is 4.19. The van der Waals surface area contributed by atoms with Crippen LogP contribution in [0.5, 0.6) is 0 Å². The number of anilines is 1. The molecule has 0 atom stereocenters. The lowest BCUT2D eigenvalue weighted by Crippen LogP contribution is -2.08. The van der Waals surface area contributed by atoms with E-state index in [0.29, 0.717) is 18.5 Å². The maximum atomic E-state index is 13.0. The molecule has 104 valence electrons. The number of hydrogen-bond acceptors (Lipinski definition) is 4. The van der Waals surface area contributed by atoms with Crippen molar-refractivity contribution < 1.29 is 13.7 Å². The number of hydrogen-bond donors (Lipinski definition) is 1. The third kappa shape index (κ3) is 3.47. The Morgan fingerprint density at radius 2 is 1.95 bits per heavy atom. The lowest BCUT2D eigenvalue weighted by molar-refractivity contribution is -0.388. The molecule has 0 bridgehead atoms. The highest BCUT2D eigenvalue weighted by molar-refractivity contribution is 5.56. The molecule has 0 aliphatic rings. The second kappa shape index (κ2) is 6.05. The van der Waals surface area contributed by atoms with Gasteiger partial charge in [-0.3, -0.25) is 0 Å². The third-order valence-corrected chi connectivity index (χ3v) is 2.61. The molecule has 0 aliphatic heterocycles. The van der Waals surface area contributed by atoms with Crippen molar-refractivity contribution in [1.82, 2.24) is 4.98 Å². The smallest absolute Gasteiger partial charge is 0.378 e. The molecular weight excluding hydrogens is 268 g/mol. The zero-order chi connectivity index (χ0) is 14.5. The molecule has 0 fully saturated rings. The molecule has 0 saturated carbocycles. The number of rotatable bonds is 5. The molecular formula is C13H11F2N3O2. The standard InChI is InChI=1S/C13H11F2N3O2/c14-10-6-9(7-11(15)8-10)3-5-16-12-2-1-4-17-13(12)18(19)20/h1-2,4,6-8,16H,3,5H2. The van der Waals surface area contributed by atoms with E-state index < -0.39 is 16.6 Å². The highest BCUT2D eigenvalue weighted by Crippen LogP contribution is 2.20. The zero-order valence-corrected chi connectivity index (χ0v) is 10.3. The first kappa shape index (κ1) is 13.9. The molecule has 1 N–H and O–H groups in total. The van der Waals surface area contributed by atoms with Crippen LogP contribution in [-0.4, -0.2) is 16.5 Å². The number of aromatic nitrogens is 1. The second-order valence-corrected chi connectivity index (χ2v) is 4.09. The Labute approximate surface area is 113 Å². The monoisotopic (exact) mass is 279 g/mol. The Bertz CT molecular complexity index is 615. The molecule has 0 radical (unpaired) electrons. The van der Waals surface area contributed by atoms with Gasteiger partial charge in [-0.1, -0.05) is 0 Å². The van der Waals surface area contributed by atoms with E-state index in [1.165, 1.54) is 24.4 Å². The van der Waals surface area contributed by atoms with Gasteiger partial charge in [0.1, 0.15) is 23.5 Å². The van der Waals surface area contributed by atoms with Crippen LogP contribution in [0.25, 0.3) is 0 Å². The van der Waals surface area contributed by atoms with Crippen molar-refractivity contribution in [3.05, 3.63) is 63.8 Å². The van der Waals surface area contributed by atoms with Crippen molar-refractivity contribution in [2.75, 3.05) is 11.9 Å². The fraction of sp³-hybridized carbons (Fsp3) is 0.154. The quantitative estimate of drug-likeness (QED) is 0.675. The first-order valence-corrected chi connectivity index (χ1v) is 5.84. The van der Waals surface area contributed by atoms with Crippen LogP contribution in [0.15, 0.2) is 36.5 Å². The van der Waals surface area contributed by atoms with E-state index in [9.17, 15) is 18.9 Å². The van der Waals surface area contributed by atoms with E-state index in [1.807, 2.05) is 0 Å². The minimum atomic E-state index is -0.646. The first-order valence-electron chi connectivity index (χ1n) is 5.84. The van der Waals surface area contributed by atoms with Crippen molar-refractivity contribution in [2.24, 2.45) is 0 Å². The SMILES string of the molecule is O=[N+]([O-])c1ncccc1NCCc1cc(F)cc(F)c1. The van der Waals surface area contributed by atoms with Gasteiger partial charge >= 0.3 is 5.82 Å². The van der Waals surface area contributed by atoms with E-state index in [0.717, 1.165) is 6.07 Å². The van der Waals surface area contributed by atoms with Crippen LogP contribution in [-0.2, 0) is 6.42 Å². The van der Waals surface area contributed by atoms with Gasteiger partial charge in [0.2, 0.25) is 0 Å². The van der Waals surface area contributed by atoms with Gasteiger partial charge in [-0.25, -0.2) is 8.78 Å². The van der Waals surface area contributed by atoms with Crippen LogP contribution in [0, 0.1) is 21.7 Å². The highest BCUT2D eigenvalue weighted by atomic mass is 19.1. The summed E-state index contributed by atoms with van der Waals surface area (Å²) in [6.07, 6.45) is 1.66. The van der Waals surface area contributed by atoms with Gasteiger partial charge in [0, 0.05) is 12.6 Å². The fourth-order valence-electron chi connectivity index (χ4n) is 1.78. The van der Waals surface area contributed by atoms with Crippen LogP contribution >= 0.6 is 0 Å². The molecule has 5 nitrogen and oxygen atoms in total. The van der Waals surface area contributed by atoms with E-state index in [1.54, 1.807) is 6.07 Å². The van der Waals surface area contributed by atoms with Gasteiger partial charge in [-0.05, 0) is 46.2 Å². The summed E-state index contributed by atoms with van der Waals surface area (Å²) in [6.45, 7) is 0.301. The molecule has 1 aromatic carbocycles. The topological polar surface area (TPSA) is 68.1 Å². The van der Waals surface area contributed by atoms with E-state index in [-0.39, 0.29) is 11.5 Å². The number of halogens is 2. The minimum absolute atomic E-state index is 0.273. The van der Waals surface area contributed by atoms with Gasteiger partial charge in [0.15, 0.2) is 0 Å². The molecule has 1 aromatic heterocycles. The summed E-state index contributed by atoms with van der Waals surface area (Å²) >= 11 is 0. The first-order chi connectivity index (χ1) is 9.56. The second-order valence-electron chi connectivity index (χ2n) is 4.09. The van der Waals surface area contributed by atoms with E-state index in [4.69, 9.17) is 0 Å². The van der Waals surface area contributed by atoms with Crippen molar-refractivity contribution in [2.45, 2.75) is 6.42 Å². The van der Waals surface area contributed by atoms with Crippen molar-refractivity contribution in [3.8, 4) is 0 Å². The normalized spacial score (nSPS) is 10.3. The van der Waals surface area contributed by atoms with Gasteiger partial charge in [0.25, 0.3) is 0 Å². The minimum Gasteiger partial charge on any atom is -0.378 e. The number of benzene rings is 1. The summed E-state index contributed by atoms with van der Waals surface area (Å²) in [7, 11) is 0. The number of pyridine rings is 1. The predicted molar refractivity (Wildman–Crippen MR) is 69.4 cm³/mol. The van der Waals surface area contributed by atoms with Gasteiger partial charge < -0.3 is 15.4 Å². The van der Waals surface area contributed by atoms with Crippen molar-refractivity contribution >= 4 is 11.5 Å². The predicted octanol–water partition coefficient (Wildman–Crippen LogP) is 2.92.